The Morgan fingerprint density at radius 3 is 1.28 bits per heavy atom. The van der Waals surface area contributed by atoms with Gasteiger partial charge in [-0.05, 0) is 122 Å². The van der Waals surface area contributed by atoms with Crippen molar-refractivity contribution in [1.82, 2.24) is 0 Å². The normalized spacial score (nSPS) is 16.3. The van der Waals surface area contributed by atoms with Gasteiger partial charge in [-0.3, -0.25) is 19.3 Å². The van der Waals surface area contributed by atoms with E-state index in [-0.39, 0.29) is 28.6 Å². The van der Waals surface area contributed by atoms with Crippen LogP contribution in [0.5, 0.6) is 0 Å². The first kappa shape index (κ1) is 34.2. The molecule has 1 unspecified atom stereocenters. The third-order valence-corrected chi connectivity index (χ3v) is 12.0. The SMILES string of the molecule is Cc1cc(C(C)(C)C)cc(C)c1N1C(=O)c2ccc3c4ccc5c6c(ccc(c7ccc(c2c37)C1=O)c64)C(O)N(c1c(C)cc(C(C)(C)C)cc1C)C5=O. The highest BCUT2D eigenvalue weighted by Gasteiger charge is 2.39. The van der Waals surface area contributed by atoms with Gasteiger partial charge in [-0.25, -0.2) is 4.90 Å². The van der Waals surface area contributed by atoms with Crippen molar-refractivity contribution < 1.29 is 19.5 Å². The van der Waals surface area contributed by atoms with Crippen LogP contribution >= 0.6 is 0 Å². The molecule has 0 aliphatic carbocycles. The zero-order valence-corrected chi connectivity index (χ0v) is 32.6. The van der Waals surface area contributed by atoms with Crippen LogP contribution in [0, 0.1) is 27.7 Å². The fraction of sp³-hybridized carbons (Fsp3) is 0.271. The second kappa shape index (κ2) is 11.0. The molecule has 0 fully saturated rings. The van der Waals surface area contributed by atoms with Crippen LogP contribution in [0.2, 0.25) is 0 Å². The maximum atomic E-state index is 14.5. The molecular weight excluding hydrogens is 669 g/mol. The van der Waals surface area contributed by atoms with Gasteiger partial charge in [-0.15, -0.1) is 0 Å². The molecule has 7 aromatic rings. The van der Waals surface area contributed by atoms with E-state index in [0.717, 1.165) is 71.2 Å². The van der Waals surface area contributed by atoms with Gasteiger partial charge in [0.2, 0.25) is 0 Å². The number of fused-ring (bicyclic) bond motifs is 2. The molecular formula is C48H44N2O4. The summed E-state index contributed by atoms with van der Waals surface area (Å²) in [6.45, 7) is 20.9. The predicted molar refractivity (Wildman–Crippen MR) is 220 cm³/mol. The molecule has 2 aliphatic heterocycles. The molecule has 6 nitrogen and oxygen atoms in total. The quantitative estimate of drug-likeness (QED) is 0.110. The zero-order valence-electron chi connectivity index (χ0n) is 32.6. The number of hydrogen-bond donors (Lipinski definition) is 1. The first-order valence-corrected chi connectivity index (χ1v) is 18.7. The maximum Gasteiger partial charge on any atom is 0.266 e. The van der Waals surface area contributed by atoms with E-state index in [1.54, 1.807) is 4.90 Å². The van der Waals surface area contributed by atoms with Crippen molar-refractivity contribution in [3.63, 3.8) is 0 Å². The molecule has 0 aromatic heterocycles. The summed E-state index contributed by atoms with van der Waals surface area (Å²) in [5.74, 6) is -0.921. The summed E-state index contributed by atoms with van der Waals surface area (Å²) in [7, 11) is 0. The molecule has 1 atom stereocenters. The lowest BCUT2D eigenvalue weighted by molar-refractivity contribution is 0.0871. The average molecular weight is 713 g/mol. The molecule has 3 amide bonds. The minimum Gasteiger partial charge on any atom is -0.369 e. The van der Waals surface area contributed by atoms with Gasteiger partial charge in [0.25, 0.3) is 17.7 Å². The first-order chi connectivity index (χ1) is 25.4. The predicted octanol–water partition coefficient (Wildman–Crippen LogP) is 11.0. The molecule has 2 aliphatic rings. The van der Waals surface area contributed by atoms with E-state index in [2.05, 4.69) is 65.8 Å². The van der Waals surface area contributed by atoms with Gasteiger partial charge >= 0.3 is 0 Å². The minimum atomic E-state index is -1.19. The Kier molecular flexibility index (Phi) is 6.96. The van der Waals surface area contributed by atoms with Crippen molar-refractivity contribution in [3.8, 4) is 0 Å². The van der Waals surface area contributed by atoms with Crippen molar-refractivity contribution >= 4 is 72.2 Å². The zero-order chi connectivity index (χ0) is 38.5. The second-order valence-electron chi connectivity index (χ2n) is 17.6. The minimum absolute atomic E-state index is 0.0625. The number of benzene rings is 7. The number of aryl methyl sites for hydroxylation is 4. The summed E-state index contributed by atoms with van der Waals surface area (Å²) in [6, 6.07) is 23.8. The lowest BCUT2D eigenvalue weighted by atomic mass is 9.81. The standard InChI is InChI=1S/C48H44N2O4/c1-23-19-27(47(5,6)7)20-24(2)41(23)49-43(51)33-15-11-29-31-13-17-35-40-36(18-14-32(38(31)40)30-12-16-34(44(49)52)39(33)37(29)30)46(54)50(45(35)53)42-25(3)21-28(22-26(42)4)48(8,9)10/h11-22,43,51H,1-10H3. The van der Waals surface area contributed by atoms with Crippen LogP contribution in [0.3, 0.4) is 0 Å². The lowest BCUT2D eigenvalue weighted by Crippen LogP contribution is -2.41. The highest BCUT2D eigenvalue weighted by atomic mass is 16.3. The van der Waals surface area contributed by atoms with Gasteiger partial charge in [0.15, 0.2) is 6.23 Å². The van der Waals surface area contributed by atoms with Gasteiger partial charge in [-0.1, -0.05) is 96.1 Å². The van der Waals surface area contributed by atoms with E-state index < -0.39 is 6.23 Å². The average Bonchev–Trinajstić information content (AvgIpc) is 3.10. The van der Waals surface area contributed by atoms with Crippen LogP contribution in [0.1, 0.15) is 118 Å². The Morgan fingerprint density at radius 1 is 0.481 bits per heavy atom. The third-order valence-electron chi connectivity index (χ3n) is 12.0. The van der Waals surface area contributed by atoms with E-state index in [1.807, 2.05) is 76.2 Å². The van der Waals surface area contributed by atoms with E-state index in [4.69, 9.17) is 0 Å². The third kappa shape index (κ3) is 4.46. The molecule has 0 spiro atoms. The second-order valence-corrected chi connectivity index (χ2v) is 17.6. The molecule has 0 saturated carbocycles. The highest BCUT2D eigenvalue weighted by molar-refractivity contribution is 6.43. The number of amides is 3. The fourth-order valence-corrected chi connectivity index (χ4v) is 9.32. The number of imide groups is 1. The maximum absolute atomic E-state index is 14.5. The number of carbonyl (C=O) groups excluding carboxylic acids is 3. The van der Waals surface area contributed by atoms with Crippen LogP contribution in [-0.2, 0) is 10.8 Å². The molecule has 6 heteroatoms. The summed E-state index contributed by atoms with van der Waals surface area (Å²) in [5.41, 5.74) is 9.36. The molecule has 9 rings (SSSR count). The molecule has 0 bridgehead atoms. The van der Waals surface area contributed by atoms with Crippen LogP contribution in [0.25, 0.3) is 43.1 Å². The summed E-state index contributed by atoms with van der Waals surface area (Å²) in [6.07, 6.45) is -1.19. The number of anilines is 2. The topological polar surface area (TPSA) is 77.9 Å². The van der Waals surface area contributed by atoms with Gasteiger partial charge < -0.3 is 5.11 Å². The van der Waals surface area contributed by atoms with Crippen LogP contribution in [0.15, 0.2) is 72.8 Å². The Balaban J connectivity index is 1.23. The number of hydrogen-bond acceptors (Lipinski definition) is 4. The highest BCUT2D eigenvalue weighted by Crippen LogP contribution is 2.49. The summed E-state index contributed by atoms with van der Waals surface area (Å²) in [5, 5.41) is 18.8. The van der Waals surface area contributed by atoms with E-state index in [0.29, 0.717) is 33.3 Å². The Hall–Kier alpha value is -5.59. The molecule has 0 radical (unpaired) electrons. The van der Waals surface area contributed by atoms with Gasteiger partial charge in [0.05, 0.1) is 11.4 Å². The number of aliphatic hydroxyl groups excluding tert-OH is 1. The van der Waals surface area contributed by atoms with E-state index in [1.165, 1.54) is 10.5 Å². The van der Waals surface area contributed by atoms with Crippen molar-refractivity contribution in [3.05, 3.63) is 128 Å². The molecule has 1 N–H and O–H groups in total. The Bertz CT molecular complexity index is 2750. The van der Waals surface area contributed by atoms with E-state index in [9.17, 15) is 19.5 Å². The van der Waals surface area contributed by atoms with Crippen molar-refractivity contribution in [2.75, 3.05) is 9.80 Å². The number of carbonyl (C=O) groups is 3. The van der Waals surface area contributed by atoms with Crippen LogP contribution < -0.4 is 9.80 Å². The number of rotatable bonds is 2. The van der Waals surface area contributed by atoms with E-state index >= 15 is 0 Å². The lowest BCUT2D eigenvalue weighted by Gasteiger charge is -2.37. The first-order valence-electron chi connectivity index (χ1n) is 18.7. The van der Waals surface area contributed by atoms with Gasteiger partial charge in [0.1, 0.15) is 0 Å². The Labute approximate surface area is 315 Å². The van der Waals surface area contributed by atoms with Gasteiger partial charge in [-0.2, -0.15) is 0 Å². The van der Waals surface area contributed by atoms with Crippen LogP contribution in [0.4, 0.5) is 11.4 Å². The molecule has 7 aromatic carbocycles. The van der Waals surface area contributed by atoms with Crippen LogP contribution in [-0.4, -0.2) is 22.8 Å². The van der Waals surface area contributed by atoms with Gasteiger partial charge in [0, 0.05) is 33.0 Å². The monoisotopic (exact) mass is 712 g/mol. The molecule has 0 saturated heterocycles. The largest absolute Gasteiger partial charge is 0.369 e. The van der Waals surface area contributed by atoms with Crippen molar-refractivity contribution in [1.29, 1.82) is 0 Å². The smallest absolute Gasteiger partial charge is 0.266 e. The summed E-state index contributed by atoms with van der Waals surface area (Å²) in [4.78, 5) is 46.4. The van der Waals surface area contributed by atoms with Crippen molar-refractivity contribution in [2.24, 2.45) is 0 Å². The summed E-state index contributed by atoms with van der Waals surface area (Å²) < 4.78 is 0. The Morgan fingerprint density at radius 2 is 0.852 bits per heavy atom. The fourth-order valence-electron chi connectivity index (χ4n) is 9.32. The number of aliphatic hydroxyl groups is 1. The molecule has 2 heterocycles. The summed E-state index contributed by atoms with van der Waals surface area (Å²) >= 11 is 0. The van der Waals surface area contributed by atoms with Crippen molar-refractivity contribution in [2.45, 2.75) is 86.3 Å². The molecule has 54 heavy (non-hydrogen) atoms. The number of nitrogens with zero attached hydrogens (tertiary/aromatic N) is 2. The molecule has 270 valence electrons.